The summed E-state index contributed by atoms with van der Waals surface area (Å²) in [5.41, 5.74) is -1.03. The van der Waals surface area contributed by atoms with E-state index < -0.39 is 35.4 Å². The van der Waals surface area contributed by atoms with E-state index in [1.807, 2.05) is 13.8 Å². The molecule has 5 rings (SSSR count). The molecule has 1 aliphatic heterocycles. The van der Waals surface area contributed by atoms with Crippen molar-refractivity contribution < 1.29 is 32.6 Å². The van der Waals surface area contributed by atoms with Gasteiger partial charge >= 0.3 is 12.1 Å². The predicted octanol–water partition coefficient (Wildman–Crippen LogP) is 5.18. The van der Waals surface area contributed by atoms with Crippen molar-refractivity contribution in [2.75, 3.05) is 18.4 Å². The molecule has 1 saturated heterocycles. The Morgan fingerprint density at radius 3 is 2.26 bits per heavy atom. The third-order valence-corrected chi connectivity index (χ3v) is 7.84. The first kappa shape index (κ1) is 29.6. The number of carbonyl (C=O) groups excluding carboxylic acids is 1. The van der Waals surface area contributed by atoms with Gasteiger partial charge in [-0.2, -0.15) is 13.2 Å². The highest BCUT2D eigenvalue weighted by atomic mass is 19.4. The van der Waals surface area contributed by atoms with Crippen molar-refractivity contribution in [3.63, 3.8) is 0 Å². The fraction of sp³-hybridized carbons (Fsp3) is 0.467. The molecule has 42 heavy (non-hydrogen) atoms. The maximum absolute atomic E-state index is 14.2. The Morgan fingerprint density at radius 1 is 1.10 bits per heavy atom. The summed E-state index contributed by atoms with van der Waals surface area (Å²) in [6.45, 7) is 7.70. The first-order chi connectivity index (χ1) is 19.7. The molecule has 0 unspecified atom stereocenters. The minimum absolute atomic E-state index is 0.0504. The van der Waals surface area contributed by atoms with E-state index in [9.17, 15) is 32.7 Å². The molecule has 2 aromatic carbocycles. The van der Waals surface area contributed by atoms with E-state index in [-0.39, 0.29) is 46.3 Å². The number of fused-ring (bicyclic) bond motifs is 1. The number of nitrogens with zero attached hydrogens (tertiary/aromatic N) is 3. The van der Waals surface area contributed by atoms with Gasteiger partial charge in [-0.05, 0) is 88.4 Å². The van der Waals surface area contributed by atoms with E-state index in [0.29, 0.717) is 37.2 Å². The van der Waals surface area contributed by atoms with Gasteiger partial charge < -0.3 is 20.1 Å². The van der Waals surface area contributed by atoms with Gasteiger partial charge in [0.05, 0.1) is 28.7 Å². The average Bonchev–Trinajstić information content (AvgIpc) is 3.74. The summed E-state index contributed by atoms with van der Waals surface area (Å²) in [5, 5.41) is 12.7. The van der Waals surface area contributed by atoms with Gasteiger partial charge in [-0.3, -0.25) is 14.2 Å². The van der Waals surface area contributed by atoms with Crippen molar-refractivity contribution in [1.82, 2.24) is 14.5 Å². The molecule has 2 fully saturated rings. The number of alkyl halides is 3. The number of nitrogens with one attached hydrogen (secondary N) is 1. The lowest BCUT2D eigenvalue weighted by Gasteiger charge is -2.35. The summed E-state index contributed by atoms with van der Waals surface area (Å²) in [6.07, 6.45) is -3.61. The van der Waals surface area contributed by atoms with Crippen molar-refractivity contribution in [2.24, 2.45) is 5.92 Å². The topological polar surface area (TPSA) is 114 Å². The van der Waals surface area contributed by atoms with Gasteiger partial charge in [0.15, 0.2) is 0 Å². The van der Waals surface area contributed by atoms with Crippen molar-refractivity contribution in [3.8, 4) is 0 Å². The number of benzene rings is 2. The number of hydrogen-bond acceptors (Lipinski definition) is 6. The van der Waals surface area contributed by atoms with Crippen LogP contribution in [-0.4, -0.2) is 56.7 Å². The van der Waals surface area contributed by atoms with Crippen molar-refractivity contribution in [2.45, 2.75) is 71.0 Å². The number of aryl methyl sites for hydroxylation is 1. The van der Waals surface area contributed by atoms with Crippen LogP contribution in [0.15, 0.2) is 41.2 Å². The Morgan fingerprint density at radius 2 is 1.71 bits per heavy atom. The second kappa shape index (κ2) is 11.0. The molecule has 12 heteroatoms. The number of amides is 1. The predicted molar refractivity (Wildman–Crippen MR) is 150 cm³/mol. The van der Waals surface area contributed by atoms with Gasteiger partial charge in [0.1, 0.15) is 11.9 Å². The molecule has 9 nitrogen and oxygen atoms in total. The lowest BCUT2D eigenvalue weighted by molar-refractivity contribution is -0.141. The largest absolute Gasteiger partial charge is 0.480 e. The minimum Gasteiger partial charge on any atom is -0.480 e. The normalized spacial score (nSPS) is 20.8. The van der Waals surface area contributed by atoms with Crippen molar-refractivity contribution in [3.05, 3.63) is 69.3 Å². The SMILES string of the molecule is Cc1nc2cc(C(F)(F)F)c([C@H](C)Nc3ccc(C(=O)N4C[C@@H](C)O[C@@H](C)C4)cc3)cc2c(=O)n1[C@H](C(=O)O)C1CC1. The van der Waals surface area contributed by atoms with Gasteiger partial charge in [-0.15, -0.1) is 0 Å². The molecule has 1 amide bonds. The number of aliphatic carboxylic acids is 1. The van der Waals surface area contributed by atoms with E-state index in [1.165, 1.54) is 13.8 Å². The quantitative estimate of drug-likeness (QED) is 0.392. The number of halogens is 3. The number of hydrogen-bond donors (Lipinski definition) is 2. The molecule has 0 bridgehead atoms. The smallest absolute Gasteiger partial charge is 0.416 e. The number of rotatable bonds is 7. The van der Waals surface area contributed by atoms with Gasteiger partial charge in [-0.1, -0.05) is 0 Å². The third-order valence-electron chi connectivity index (χ3n) is 7.84. The zero-order chi connectivity index (χ0) is 30.5. The van der Waals surface area contributed by atoms with Crippen LogP contribution in [0.25, 0.3) is 10.9 Å². The first-order valence-corrected chi connectivity index (χ1v) is 13.9. The average molecular weight is 587 g/mol. The van der Waals surface area contributed by atoms with Crippen LogP contribution in [0, 0.1) is 12.8 Å². The van der Waals surface area contributed by atoms with Crippen LogP contribution in [0.5, 0.6) is 0 Å². The molecule has 2 heterocycles. The number of anilines is 1. The maximum Gasteiger partial charge on any atom is 0.416 e. The Bertz CT molecular complexity index is 1570. The van der Waals surface area contributed by atoms with Crippen LogP contribution in [0.2, 0.25) is 0 Å². The molecule has 4 atom stereocenters. The van der Waals surface area contributed by atoms with E-state index in [0.717, 1.165) is 16.7 Å². The van der Waals surface area contributed by atoms with Crippen LogP contribution in [0.1, 0.15) is 73.0 Å². The standard InChI is InChI=1S/C30H33F3N4O5/c1-15-13-36(14-16(2)42-15)27(38)20-7-9-21(10-8-20)34-17(3)22-11-23-25(12-24(22)30(31,32)33)35-18(4)37(28(23)39)26(29(40)41)19-5-6-19/h7-12,15-17,19,26,34H,5-6,13-14H2,1-4H3,(H,40,41)/t15-,16+,17-,26-/m0/s1. The fourth-order valence-electron chi connectivity index (χ4n) is 5.80. The molecule has 2 aliphatic rings. The lowest BCUT2D eigenvalue weighted by atomic mass is 9.97. The highest BCUT2D eigenvalue weighted by Crippen LogP contribution is 2.41. The Hall–Kier alpha value is -3.93. The summed E-state index contributed by atoms with van der Waals surface area (Å²) in [4.78, 5) is 44.4. The number of carboxylic acids is 1. The molecule has 1 aromatic heterocycles. The van der Waals surface area contributed by atoms with Gasteiger partial charge in [0, 0.05) is 30.4 Å². The summed E-state index contributed by atoms with van der Waals surface area (Å²) in [5.74, 6) is -1.51. The van der Waals surface area contributed by atoms with Gasteiger partial charge in [0.25, 0.3) is 11.5 Å². The van der Waals surface area contributed by atoms with Crippen molar-refractivity contribution >= 4 is 28.5 Å². The monoisotopic (exact) mass is 586 g/mol. The Balaban J connectivity index is 1.46. The molecule has 0 spiro atoms. The van der Waals surface area contributed by atoms with E-state index in [1.54, 1.807) is 29.2 Å². The summed E-state index contributed by atoms with van der Waals surface area (Å²) < 4.78 is 49.4. The van der Waals surface area contributed by atoms with Crippen LogP contribution in [-0.2, 0) is 15.7 Å². The zero-order valence-corrected chi connectivity index (χ0v) is 23.7. The van der Waals surface area contributed by atoms with Crippen LogP contribution in [0.3, 0.4) is 0 Å². The fourth-order valence-corrected chi connectivity index (χ4v) is 5.80. The summed E-state index contributed by atoms with van der Waals surface area (Å²) >= 11 is 0. The van der Waals surface area contributed by atoms with Gasteiger partial charge in [-0.25, -0.2) is 9.78 Å². The maximum atomic E-state index is 14.2. The van der Waals surface area contributed by atoms with Gasteiger partial charge in [0.2, 0.25) is 0 Å². The Labute approximate surface area is 240 Å². The minimum atomic E-state index is -4.73. The molecule has 0 radical (unpaired) electrons. The zero-order valence-electron chi connectivity index (χ0n) is 23.7. The highest BCUT2D eigenvalue weighted by molar-refractivity contribution is 5.94. The number of carbonyl (C=O) groups is 2. The van der Waals surface area contributed by atoms with Crippen molar-refractivity contribution in [1.29, 1.82) is 0 Å². The molecular formula is C30H33F3N4O5. The molecule has 224 valence electrons. The number of morpholine rings is 1. The second-order valence-corrected chi connectivity index (χ2v) is 11.3. The number of carboxylic acid groups (broad SMARTS) is 1. The van der Waals surface area contributed by atoms with Crippen LogP contribution >= 0.6 is 0 Å². The number of ether oxygens (including phenoxy) is 1. The van der Waals surface area contributed by atoms with Crippen LogP contribution in [0.4, 0.5) is 18.9 Å². The molecule has 2 N–H and O–H groups in total. The Kier molecular flexibility index (Phi) is 7.78. The van der Waals surface area contributed by atoms with Crippen LogP contribution < -0.4 is 10.9 Å². The highest BCUT2D eigenvalue weighted by Gasteiger charge is 2.40. The van der Waals surface area contributed by atoms with E-state index in [4.69, 9.17) is 4.74 Å². The lowest BCUT2D eigenvalue weighted by Crippen LogP contribution is -2.48. The second-order valence-electron chi connectivity index (χ2n) is 11.3. The molecule has 3 aromatic rings. The molecular weight excluding hydrogens is 553 g/mol. The molecule has 1 aliphatic carbocycles. The number of aromatic nitrogens is 2. The third kappa shape index (κ3) is 5.85. The first-order valence-electron chi connectivity index (χ1n) is 13.9. The van der Waals surface area contributed by atoms with E-state index >= 15 is 0 Å². The summed E-state index contributed by atoms with van der Waals surface area (Å²) in [6, 6.07) is 6.45. The van der Waals surface area contributed by atoms with E-state index in [2.05, 4.69) is 10.3 Å². The molecule has 1 saturated carbocycles. The summed E-state index contributed by atoms with van der Waals surface area (Å²) in [7, 11) is 0.